The van der Waals surface area contributed by atoms with Crippen LogP contribution in [0.2, 0.25) is 5.02 Å². The summed E-state index contributed by atoms with van der Waals surface area (Å²) in [5, 5.41) is 9.45. The summed E-state index contributed by atoms with van der Waals surface area (Å²) in [5.74, 6) is 0.427. The smallest absolute Gasteiger partial charge is 0.303 e. The molecule has 106 valence electrons. The first-order chi connectivity index (χ1) is 9.60. The van der Waals surface area contributed by atoms with Crippen LogP contribution in [0.1, 0.15) is 31.4 Å². The number of carboxylic acid groups (broad SMARTS) is 1. The van der Waals surface area contributed by atoms with Crippen LogP contribution in [0.3, 0.4) is 0 Å². The van der Waals surface area contributed by atoms with E-state index in [0.29, 0.717) is 28.8 Å². The van der Waals surface area contributed by atoms with Gasteiger partial charge in [-0.15, -0.1) is 0 Å². The molecule has 4 nitrogen and oxygen atoms in total. The molecule has 0 atom stereocenters. The fraction of sp³-hybridized carbons (Fsp3) is 0.333. The molecule has 5 heteroatoms. The number of oxazole rings is 1. The summed E-state index contributed by atoms with van der Waals surface area (Å²) in [6, 6.07) is 7.29. The van der Waals surface area contributed by atoms with Gasteiger partial charge in [-0.3, -0.25) is 4.79 Å². The van der Waals surface area contributed by atoms with Crippen LogP contribution >= 0.6 is 11.6 Å². The fourth-order valence-electron chi connectivity index (χ4n) is 1.94. The third kappa shape index (κ3) is 3.61. The van der Waals surface area contributed by atoms with E-state index in [1.807, 2.05) is 19.1 Å². The van der Waals surface area contributed by atoms with E-state index in [1.165, 1.54) is 0 Å². The molecule has 0 saturated heterocycles. The monoisotopic (exact) mass is 293 g/mol. The van der Waals surface area contributed by atoms with Gasteiger partial charge in [0.1, 0.15) is 11.5 Å². The molecule has 0 aliphatic heterocycles. The Morgan fingerprint density at radius 1 is 1.30 bits per heavy atom. The average Bonchev–Trinajstić information content (AvgIpc) is 2.81. The molecule has 0 amide bonds. The van der Waals surface area contributed by atoms with Crippen LogP contribution in [-0.4, -0.2) is 16.1 Å². The molecule has 0 saturated carbocycles. The quantitative estimate of drug-likeness (QED) is 0.875. The zero-order valence-electron chi connectivity index (χ0n) is 11.2. The zero-order valence-corrected chi connectivity index (χ0v) is 12.0. The van der Waals surface area contributed by atoms with Crippen molar-refractivity contribution >= 4 is 17.6 Å². The number of carboxylic acids is 1. The van der Waals surface area contributed by atoms with Gasteiger partial charge in [0.15, 0.2) is 5.89 Å². The van der Waals surface area contributed by atoms with E-state index in [0.717, 1.165) is 18.4 Å². The fourth-order valence-corrected chi connectivity index (χ4v) is 2.07. The Hall–Kier alpha value is -1.81. The van der Waals surface area contributed by atoms with Gasteiger partial charge in [0.05, 0.1) is 6.42 Å². The summed E-state index contributed by atoms with van der Waals surface area (Å²) >= 11 is 5.88. The second-order valence-corrected chi connectivity index (χ2v) is 4.97. The summed E-state index contributed by atoms with van der Waals surface area (Å²) < 4.78 is 5.68. The molecule has 2 rings (SSSR count). The van der Waals surface area contributed by atoms with Gasteiger partial charge in [0.25, 0.3) is 0 Å². The molecule has 0 bridgehead atoms. The van der Waals surface area contributed by atoms with E-state index in [-0.39, 0.29) is 6.42 Å². The van der Waals surface area contributed by atoms with Gasteiger partial charge < -0.3 is 9.52 Å². The van der Waals surface area contributed by atoms with Crippen molar-refractivity contribution in [3.63, 3.8) is 0 Å². The lowest BCUT2D eigenvalue weighted by Gasteiger charge is -2.00. The van der Waals surface area contributed by atoms with Crippen LogP contribution in [0.5, 0.6) is 0 Å². The number of nitrogens with zero attached hydrogens (tertiary/aromatic N) is 1. The maximum atomic E-state index is 10.7. The molecule has 1 heterocycles. The predicted molar refractivity (Wildman–Crippen MR) is 76.9 cm³/mol. The van der Waals surface area contributed by atoms with Crippen molar-refractivity contribution in [2.24, 2.45) is 0 Å². The van der Waals surface area contributed by atoms with E-state index < -0.39 is 5.97 Å². The highest BCUT2D eigenvalue weighted by Gasteiger charge is 2.15. The lowest BCUT2D eigenvalue weighted by molar-refractivity contribution is -0.137. The van der Waals surface area contributed by atoms with E-state index in [9.17, 15) is 4.79 Å². The van der Waals surface area contributed by atoms with Crippen molar-refractivity contribution in [2.45, 2.75) is 32.6 Å². The second kappa shape index (κ2) is 6.57. The number of benzene rings is 1. The molecular formula is C15H16ClNO3. The van der Waals surface area contributed by atoms with Gasteiger partial charge in [-0.25, -0.2) is 4.98 Å². The lowest BCUT2D eigenvalue weighted by atomic mass is 10.1. The second-order valence-electron chi connectivity index (χ2n) is 4.53. The van der Waals surface area contributed by atoms with Crippen LogP contribution in [0, 0.1) is 0 Å². The third-order valence-corrected chi connectivity index (χ3v) is 3.14. The Kier molecular flexibility index (Phi) is 4.79. The van der Waals surface area contributed by atoms with Gasteiger partial charge in [-0.05, 0) is 18.6 Å². The summed E-state index contributed by atoms with van der Waals surface area (Å²) in [6.07, 6.45) is 2.04. The number of carbonyl (C=O) groups is 1. The number of halogens is 1. The van der Waals surface area contributed by atoms with Gasteiger partial charge in [-0.1, -0.05) is 30.7 Å². The van der Waals surface area contributed by atoms with Crippen LogP contribution in [0.25, 0.3) is 11.3 Å². The lowest BCUT2D eigenvalue weighted by Crippen LogP contribution is -1.97. The van der Waals surface area contributed by atoms with Crippen molar-refractivity contribution in [3.8, 4) is 11.3 Å². The molecule has 0 aliphatic carbocycles. The minimum Gasteiger partial charge on any atom is -0.481 e. The number of aromatic nitrogens is 1. The van der Waals surface area contributed by atoms with Crippen molar-refractivity contribution in [2.75, 3.05) is 0 Å². The first kappa shape index (κ1) is 14.6. The summed E-state index contributed by atoms with van der Waals surface area (Å²) in [5.41, 5.74) is 1.60. The largest absolute Gasteiger partial charge is 0.481 e. The SMILES string of the molecule is CCCc1nc(-c2ccc(Cl)cc2)c(CCC(=O)O)o1. The highest BCUT2D eigenvalue weighted by molar-refractivity contribution is 6.30. The first-order valence-electron chi connectivity index (χ1n) is 6.56. The highest BCUT2D eigenvalue weighted by atomic mass is 35.5. The molecule has 0 unspecified atom stereocenters. The number of aliphatic carboxylic acids is 1. The maximum absolute atomic E-state index is 10.7. The Balaban J connectivity index is 2.33. The predicted octanol–water partition coefficient (Wildman–Crippen LogP) is 3.96. The molecular weight excluding hydrogens is 278 g/mol. The van der Waals surface area contributed by atoms with E-state index in [1.54, 1.807) is 12.1 Å². The first-order valence-corrected chi connectivity index (χ1v) is 6.94. The van der Waals surface area contributed by atoms with Crippen LogP contribution in [0.4, 0.5) is 0 Å². The standard InChI is InChI=1S/C15H16ClNO3/c1-2-3-13-17-15(10-4-6-11(16)7-5-10)12(20-13)8-9-14(18)19/h4-7H,2-3,8-9H2,1H3,(H,18,19). The molecule has 0 fully saturated rings. The molecule has 0 spiro atoms. The van der Waals surface area contributed by atoms with Crippen LogP contribution in [-0.2, 0) is 17.6 Å². The number of aryl methyl sites for hydroxylation is 2. The Morgan fingerprint density at radius 2 is 2.00 bits per heavy atom. The van der Waals surface area contributed by atoms with Crippen molar-refractivity contribution < 1.29 is 14.3 Å². The van der Waals surface area contributed by atoms with Crippen LogP contribution < -0.4 is 0 Å². The molecule has 0 radical (unpaired) electrons. The molecule has 20 heavy (non-hydrogen) atoms. The minimum absolute atomic E-state index is 0.0291. The van der Waals surface area contributed by atoms with Crippen LogP contribution in [0.15, 0.2) is 28.7 Å². The molecule has 1 N–H and O–H groups in total. The van der Waals surface area contributed by atoms with E-state index in [2.05, 4.69) is 4.98 Å². The normalized spacial score (nSPS) is 10.7. The molecule has 1 aromatic carbocycles. The Labute approximate surface area is 122 Å². The topological polar surface area (TPSA) is 63.3 Å². The molecule has 2 aromatic rings. The van der Waals surface area contributed by atoms with Gasteiger partial charge >= 0.3 is 5.97 Å². The highest BCUT2D eigenvalue weighted by Crippen LogP contribution is 2.27. The van der Waals surface area contributed by atoms with Crippen molar-refractivity contribution in [1.82, 2.24) is 4.98 Å². The molecule has 0 aliphatic rings. The van der Waals surface area contributed by atoms with Gasteiger partial charge in [0, 0.05) is 23.4 Å². The summed E-state index contributed by atoms with van der Waals surface area (Å²) in [4.78, 5) is 15.2. The number of hydrogen-bond acceptors (Lipinski definition) is 3. The van der Waals surface area contributed by atoms with E-state index in [4.69, 9.17) is 21.1 Å². The average molecular weight is 294 g/mol. The summed E-state index contributed by atoms with van der Waals surface area (Å²) in [7, 11) is 0. The van der Waals surface area contributed by atoms with Crippen molar-refractivity contribution in [1.29, 1.82) is 0 Å². The Bertz CT molecular complexity index is 590. The molecule has 1 aromatic heterocycles. The summed E-state index contributed by atoms with van der Waals surface area (Å²) in [6.45, 7) is 2.04. The Morgan fingerprint density at radius 3 is 2.60 bits per heavy atom. The zero-order chi connectivity index (χ0) is 14.5. The van der Waals surface area contributed by atoms with Crippen molar-refractivity contribution in [3.05, 3.63) is 40.9 Å². The van der Waals surface area contributed by atoms with E-state index >= 15 is 0 Å². The van der Waals surface area contributed by atoms with Gasteiger partial charge in [0.2, 0.25) is 0 Å². The third-order valence-electron chi connectivity index (χ3n) is 2.89. The number of hydrogen-bond donors (Lipinski definition) is 1. The number of rotatable bonds is 6. The minimum atomic E-state index is -0.847. The maximum Gasteiger partial charge on any atom is 0.303 e. The van der Waals surface area contributed by atoms with Gasteiger partial charge in [-0.2, -0.15) is 0 Å².